The van der Waals surface area contributed by atoms with Crippen LogP contribution in [0.2, 0.25) is 0 Å². The Morgan fingerprint density at radius 1 is 1.37 bits per heavy atom. The van der Waals surface area contributed by atoms with Crippen LogP contribution in [0.25, 0.3) is 0 Å². The van der Waals surface area contributed by atoms with Gasteiger partial charge in [-0.25, -0.2) is 23.9 Å². The Bertz CT molecular complexity index is 938. The van der Waals surface area contributed by atoms with Crippen LogP contribution in [0.5, 0.6) is 5.88 Å². The average Bonchev–Trinajstić information content (AvgIpc) is 2.59. The molecule has 0 bridgehead atoms. The first-order chi connectivity index (χ1) is 12.6. The van der Waals surface area contributed by atoms with Crippen LogP contribution >= 0.6 is 0 Å². The Labute approximate surface area is 154 Å². The molecule has 2 aromatic rings. The van der Waals surface area contributed by atoms with Gasteiger partial charge in [0.05, 0.1) is 7.11 Å². The second kappa shape index (κ2) is 8.22. The van der Waals surface area contributed by atoms with Crippen LogP contribution in [-0.4, -0.2) is 47.8 Å². The molecule has 12 heteroatoms. The number of aliphatic hydroxyl groups is 1. The van der Waals surface area contributed by atoms with Gasteiger partial charge in [0.25, 0.3) is 10.0 Å². The number of anilines is 1. The fraction of sp³-hybridized carbons (Fsp3) is 0.333. The van der Waals surface area contributed by atoms with Crippen LogP contribution in [0.1, 0.15) is 24.3 Å². The number of alkyl halides is 1. The minimum atomic E-state index is -4.50. The van der Waals surface area contributed by atoms with Crippen molar-refractivity contribution in [3.05, 3.63) is 35.7 Å². The lowest BCUT2D eigenvalue weighted by Crippen LogP contribution is -2.36. The molecule has 0 radical (unpaired) electrons. The first-order valence-electron chi connectivity index (χ1n) is 7.64. The van der Waals surface area contributed by atoms with E-state index in [-0.39, 0.29) is 17.4 Å². The normalized spacial score (nSPS) is 13.5. The van der Waals surface area contributed by atoms with Gasteiger partial charge < -0.3 is 9.84 Å². The molecule has 0 saturated heterocycles. The van der Waals surface area contributed by atoms with Crippen LogP contribution in [0.4, 0.5) is 15.1 Å². The summed E-state index contributed by atoms with van der Waals surface area (Å²) in [5.41, 5.74) is 0.202. The highest BCUT2D eigenvalue weighted by Crippen LogP contribution is 2.24. The van der Waals surface area contributed by atoms with Gasteiger partial charge in [0.1, 0.15) is 12.3 Å². The maximum atomic E-state index is 13.4. The maximum absolute atomic E-state index is 13.4. The third kappa shape index (κ3) is 5.08. The number of hydrogen-bond acceptors (Lipinski definition) is 8. The molecule has 2 atom stereocenters. The average molecular weight is 399 g/mol. The standard InChI is InChI=1S/C15H18FN5O5S/c1-8-7-11(26-3)19-14(18-8)20-15(23)21-27(24,25)13-10(5-4-6-17-13)12(22)9(2)16/h4-7,9,12,22H,1-3H3,(H2,18,19,20,21,23). The third-order valence-electron chi connectivity index (χ3n) is 3.30. The molecule has 0 aliphatic rings. The van der Waals surface area contributed by atoms with E-state index in [4.69, 9.17) is 4.74 Å². The number of nitrogens with one attached hydrogen (secondary N) is 2. The van der Waals surface area contributed by atoms with Gasteiger partial charge in [0, 0.05) is 23.5 Å². The largest absolute Gasteiger partial charge is 0.481 e. The van der Waals surface area contributed by atoms with Gasteiger partial charge in [-0.3, -0.25) is 5.32 Å². The summed E-state index contributed by atoms with van der Waals surface area (Å²) >= 11 is 0. The van der Waals surface area contributed by atoms with Gasteiger partial charge in [-0.2, -0.15) is 13.4 Å². The third-order valence-corrected chi connectivity index (χ3v) is 4.61. The number of carbonyl (C=O) groups excluding carboxylic acids is 1. The second-order valence-electron chi connectivity index (χ2n) is 5.46. The number of nitrogens with zero attached hydrogens (tertiary/aromatic N) is 3. The van der Waals surface area contributed by atoms with Gasteiger partial charge in [0.2, 0.25) is 11.8 Å². The van der Waals surface area contributed by atoms with Crippen molar-refractivity contribution in [3.8, 4) is 5.88 Å². The Kier molecular flexibility index (Phi) is 6.23. The molecule has 2 amide bonds. The van der Waals surface area contributed by atoms with E-state index in [9.17, 15) is 22.7 Å². The Balaban J connectivity index is 2.24. The van der Waals surface area contributed by atoms with Crippen molar-refractivity contribution in [1.82, 2.24) is 19.7 Å². The van der Waals surface area contributed by atoms with Crippen molar-refractivity contribution in [3.63, 3.8) is 0 Å². The van der Waals surface area contributed by atoms with E-state index in [0.717, 1.165) is 13.1 Å². The smallest absolute Gasteiger partial charge is 0.335 e. The summed E-state index contributed by atoms with van der Waals surface area (Å²) in [6.45, 7) is 2.69. The number of ether oxygens (including phenoxy) is 1. The van der Waals surface area contributed by atoms with Crippen LogP contribution < -0.4 is 14.8 Å². The molecule has 2 unspecified atom stereocenters. The fourth-order valence-corrected chi connectivity index (χ4v) is 3.19. The summed E-state index contributed by atoms with van der Waals surface area (Å²) < 4.78 is 44.9. The Morgan fingerprint density at radius 2 is 2.07 bits per heavy atom. The molecule has 0 fully saturated rings. The SMILES string of the molecule is COc1cc(C)nc(NC(=O)NS(=O)(=O)c2ncccc2C(O)C(C)F)n1. The first kappa shape index (κ1) is 20.5. The van der Waals surface area contributed by atoms with Crippen LogP contribution in [0, 0.1) is 6.92 Å². The van der Waals surface area contributed by atoms with E-state index in [2.05, 4.69) is 20.3 Å². The lowest BCUT2D eigenvalue weighted by Gasteiger charge is -2.16. The zero-order chi connectivity index (χ0) is 20.2. The van der Waals surface area contributed by atoms with Gasteiger partial charge >= 0.3 is 6.03 Å². The Morgan fingerprint density at radius 3 is 2.70 bits per heavy atom. The summed E-state index contributed by atoms with van der Waals surface area (Å²) in [5, 5.41) is 11.4. The molecule has 146 valence electrons. The first-order valence-corrected chi connectivity index (χ1v) is 9.13. The molecule has 0 saturated carbocycles. The fourth-order valence-electron chi connectivity index (χ4n) is 2.10. The summed E-state index contributed by atoms with van der Waals surface area (Å²) in [7, 11) is -3.13. The number of pyridine rings is 1. The number of aliphatic hydroxyl groups excluding tert-OH is 1. The molecule has 27 heavy (non-hydrogen) atoms. The monoisotopic (exact) mass is 399 g/mol. The van der Waals surface area contributed by atoms with E-state index < -0.39 is 33.4 Å². The molecule has 10 nitrogen and oxygen atoms in total. The van der Waals surface area contributed by atoms with Crippen molar-refractivity contribution in [2.24, 2.45) is 0 Å². The molecule has 0 aromatic carbocycles. The van der Waals surface area contributed by atoms with E-state index in [1.165, 1.54) is 25.3 Å². The molecule has 2 aromatic heterocycles. The summed E-state index contributed by atoms with van der Waals surface area (Å²) in [5.74, 6) is -0.00839. The number of urea groups is 1. The number of amides is 2. The number of halogens is 1. The minimum absolute atomic E-state index is 0.174. The Hall–Kier alpha value is -2.86. The topological polar surface area (TPSA) is 143 Å². The lowest BCUT2D eigenvalue weighted by molar-refractivity contribution is 0.0853. The van der Waals surface area contributed by atoms with E-state index in [1.807, 2.05) is 0 Å². The molecular weight excluding hydrogens is 381 g/mol. The van der Waals surface area contributed by atoms with Gasteiger partial charge in [0.15, 0.2) is 5.03 Å². The summed E-state index contributed by atoms with van der Waals surface area (Å²) in [6, 6.07) is 2.89. The van der Waals surface area contributed by atoms with Crippen molar-refractivity contribution < 1.29 is 27.4 Å². The van der Waals surface area contributed by atoms with Gasteiger partial charge in [-0.05, 0) is 19.9 Å². The molecular formula is C15H18FN5O5S. The molecule has 0 aliphatic carbocycles. The lowest BCUT2D eigenvalue weighted by atomic mass is 10.1. The van der Waals surface area contributed by atoms with Crippen molar-refractivity contribution in [1.29, 1.82) is 0 Å². The van der Waals surface area contributed by atoms with Crippen molar-refractivity contribution in [2.75, 3.05) is 12.4 Å². The van der Waals surface area contributed by atoms with Gasteiger partial charge in [-0.1, -0.05) is 6.07 Å². The highest BCUT2D eigenvalue weighted by Gasteiger charge is 2.28. The summed E-state index contributed by atoms with van der Waals surface area (Å²) in [6.07, 6.45) is -2.33. The molecule has 0 aliphatic heterocycles. The van der Waals surface area contributed by atoms with E-state index >= 15 is 0 Å². The van der Waals surface area contributed by atoms with Crippen molar-refractivity contribution >= 4 is 22.0 Å². The number of aryl methyl sites for hydroxylation is 1. The highest BCUT2D eigenvalue weighted by atomic mass is 32.2. The van der Waals surface area contributed by atoms with Gasteiger partial charge in [-0.15, -0.1) is 0 Å². The number of hydrogen-bond donors (Lipinski definition) is 3. The zero-order valence-corrected chi connectivity index (χ0v) is 15.5. The molecule has 0 spiro atoms. The van der Waals surface area contributed by atoms with Crippen molar-refractivity contribution in [2.45, 2.75) is 31.1 Å². The van der Waals surface area contributed by atoms with E-state index in [0.29, 0.717) is 5.69 Å². The number of sulfonamides is 1. The van der Waals surface area contributed by atoms with Crippen LogP contribution in [0.3, 0.4) is 0 Å². The molecule has 2 rings (SSSR count). The zero-order valence-electron chi connectivity index (χ0n) is 14.7. The number of aromatic nitrogens is 3. The quantitative estimate of drug-likeness (QED) is 0.655. The second-order valence-corrected chi connectivity index (χ2v) is 7.05. The molecule has 2 heterocycles. The number of rotatable bonds is 6. The minimum Gasteiger partial charge on any atom is -0.481 e. The van der Waals surface area contributed by atoms with Crippen LogP contribution in [-0.2, 0) is 10.0 Å². The number of methoxy groups -OCH3 is 1. The molecule has 3 N–H and O–H groups in total. The predicted molar refractivity (Wildman–Crippen MR) is 92.4 cm³/mol. The predicted octanol–water partition coefficient (Wildman–Crippen LogP) is 1.09. The number of carbonyl (C=O) groups is 1. The van der Waals surface area contributed by atoms with E-state index in [1.54, 1.807) is 11.6 Å². The maximum Gasteiger partial charge on any atom is 0.335 e. The summed E-state index contributed by atoms with van der Waals surface area (Å²) in [4.78, 5) is 23.5. The van der Waals surface area contributed by atoms with Crippen LogP contribution in [0.15, 0.2) is 29.4 Å². The highest BCUT2D eigenvalue weighted by molar-refractivity contribution is 7.90.